The van der Waals surface area contributed by atoms with Gasteiger partial charge in [-0.15, -0.1) is 0 Å². The van der Waals surface area contributed by atoms with Gasteiger partial charge < -0.3 is 4.79 Å². The summed E-state index contributed by atoms with van der Waals surface area (Å²) in [6.45, 7) is 2.35. The van der Waals surface area contributed by atoms with Crippen molar-refractivity contribution in [2.24, 2.45) is 23.7 Å². The van der Waals surface area contributed by atoms with Crippen LogP contribution >= 0.6 is 0 Å². The van der Waals surface area contributed by atoms with E-state index < -0.39 is 0 Å². The van der Waals surface area contributed by atoms with Gasteiger partial charge in [0.25, 0.3) is 0 Å². The van der Waals surface area contributed by atoms with E-state index in [4.69, 9.17) is 0 Å². The highest BCUT2D eigenvalue weighted by molar-refractivity contribution is 5.53. The molecule has 25 heavy (non-hydrogen) atoms. The summed E-state index contributed by atoms with van der Waals surface area (Å²) in [7, 11) is 0. The monoisotopic (exact) mass is 348 g/mol. The Labute approximate surface area is 157 Å². The number of aldehydes is 1. The third-order valence-corrected chi connectivity index (χ3v) is 7.15. The minimum Gasteiger partial charge on any atom is -0.303 e. The fourth-order valence-corrected chi connectivity index (χ4v) is 5.52. The van der Waals surface area contributed by atoms with Gasteiger partial charge in [0.05, 0.1) is 0 Å². The van der Waals surface area contributed by atoms with Crippen LogP contribution in [0.4, 0.5) is 0 Å². The summed E-state index contributed by atoms with van der Waals surface area (Å²) < 4.78 is 0. The Balaban J connectivity index is 1.38. The van der Waals surface area contributed by atoms with Gasteiger partial charge in [-0.1, -0.05) is 90.4 Å². The average Bonchev–Trinajstić information content (AvgIpc) is 2.65. The zero-order valence-electron chi connectivity index (χ0n) is 17.0. The van der Waals surface area contributed by atoms with E-state index in [1.807, 2.05) is 0 Å². The lowest BCUT2D eigenvalue weighted by molar-refractivity contribution is -0.112. The van der Waals surface area contributed by atoms with Crippen molar-refractivity contribution >= 4 is 6.29 Å². The molecule has 146 valence electrons. The van der Waals surface area contributed by atoms with Crippen molar-refractivity contribution in [3.8, 4) is 0 Å². The maximum atomic E-state index is 10.8. The van der Waals surface area contributed by atoms with Crippen molar-refractivity contribution in [1.29, 1.82) is 0 Å². The number of rotatable bonds is 12. The van der Waals surface area contributed by atoms with Crippen LogP contribution in [0.25, 0.3) is 0 Å². The summed E-state index contributed by atoms with van der Waals surface area (Å²) in [6.07, 6.45) is 26.7. The van der Waals surface area contributed by atoms with Crippen LogP contribution in [-0.2, 0) is 4.79 Å². The Hall–Kier alpha value is -0.330. The Morgan fingerprint density at radius 3 is 1.84 bits per heavy atom. The maximum Gasteiger partial charge on any atom is 0.123 e. The molecule has 0 heterocycles. The molecule has 2 rings (SSSR count). The van der Waals surface area contributed by atoms with Gasteiger partial charge in [0.2, 0.25) is 0 Å². The third kappa shape index (κ3) is 8.74. The Bertz CT molecular complexity index is 327. The lowest BCUT2D eigenvalue weighted by atomic mass is 9.77. The van der Waals surface area contributed by atoms with E-state index in [0.717, 1.165) is 30.6 Å². The lowest BCUT2D eigenvalue weighted by Gasteiger charge is -2.29. The van der Waals surface area contributed by atoms with Crippen LogP contribution in [0.5, 0.6) is 0 Å². The summed E-state index contributed by atoms with van der Waals surface area (Å²) in [5.74, 6) is 3.44. The minimum atomic E-state index is 0.387. The number of carbonyl (C=O) groups is 1. The number of unbranched alkanes of at least 4 members (excludes halogenated alkanes) is 5. The van der Waals surface area contributed by atoms with Crippen LogP contribution in [0, 0.1) is 23.7 Å². The zero-order chi connectivity index (χ0) is 17.7. The largest absolute Gasteiger partial charge is 0.303 e. The Morgan fingerprint density at radius 1 is 0.680 bits per heavy atom. The van der Waals surface area contributed by atoms with E-state index >= 15 is 0 Å². The van der Waals surface area contributed by atoms with Crippen LogP contribution < -0.4 is 0 Å². The van der Waals surface area contributed by atoms with Crippen LogP contribution in [-0.4, -0.2) is 6.29 Å². The molecule has 0 saturated heterocycles. The molecule has 0 radical (unpaired) electrons. The second-order valence-corrected chi connectivity index (χ2v) is 9.30. The molecule has 1 nitrogen and oxygen atoms in total. The molecular weight excluding hydrogens is 304 g/mol. The van der Waals surface area contributed by atoms with Gasteiger partial charge in [0, 0.05) is 5.92 Å². The standard InChI is InChI=1S/C24H44O/c1-2-10-22-13-9-14-23(19-22)12-8-6-4-3-5-7-11-21-15-17-24(20-25)18-16-21/h20-24H,2-19H2,1H3. The molecule has 0 spiro atoms. The molecule has 2 aliphatic carbocycles. The number of carbonyl (C=O) groups excluding carboxylic acids is 1. The molecule has 0 amide bonds. The molecule has 0 aliphatic heterocycles. The van der Waals surface area contributed by atoms with Crippen LogP contribution in [0.3, 0.4) is 0 Å². The number of hydrogen-bond donors (Lipinski definition) is 0. The Kier molecular flexibility index (Phi) is 10.9. The second kappa shape index (κ2) is 12.9. The molecule has 2 unspecified atom stereocenters. The quantitative estimate of drug-likeness (QED) is 0.260. The first-order valence-corrected chi connectivity index (χ1v) is 11.8. The molecule has 0 aromatic heterocycles. The average molecular weight is 349 g/mol. The highest BCUT2D eigenvalue weighted by Crippen LogP contribution is 2.35. The van der Waals surface area contributed by atoms with Crippen molar-refractivity contribution in [3.63, 3.8) is 0 Å². The van der Waals surface area contributed by atoms with Crippen molar-refractivity contribution < 1.29 is 4.79 Å². The third-order valence-electron chi connectivity index (χ3n) is 7.15. The summed E-state index contributed by atoms with van der Waals surface area (Å²) >= 11 is 0. The molecule has 0 aromatic rings. The highest BCUT2D eigenvalue weighted by atomic mass is 16.1. The second-order valence-electron chi connectivity index (χ2n) is 9.30. The maximum absolute atomic E-state index is 10.8. The highest BCUT2D eigenvalue weighted by Gasteiger charge is 2.21. The van der Waals surface area contributed by atoms with Gasteiger partial charge in [0.1, 0.15) is 6.29 Å². The minimum absolute atomic E-state index is 0.387. The summed E-state index contributed by atoms with van der Waals surface area (Å²) in [4.78, 5) is 10.8. The van der Waals surface area contributed by atoms with Gasteiger partial charge in [0.15, 0.2) is 0 Å². The molecule has 0 bridgehead atoms. The first-order chi connectivity index (χ1) is 12.3. The van der Waals surface area contributed by atoms with Crippen LogP contribution in [0.1, 0.15) is 122 Å². The fourth-order valence-electron chi connectivity index (χ4n) is 5.52. The predicted octanol–water partition coefficient (Wildman–Crippen LogP) is 7.72. The van der Waals surface area contributed by atoms with Gasteiger partial charge >= 0.3 is 0 Å². The van der Waals surface area contributed by atoms with E-state index in [1.165, 1.54) is 103 Å². The Morgan fingerprint density at radius 2 is 1.24 bits per heavy atom. The molecule has 2 fully saturated rings. The van der Waals surface area contributed by atoms with Crippen molar-refractivity contribution in [3.05, 3.63) is 0 Å². The van der Waals surface area contributed by atoms with E-state index in [2.05, 4.69) is 6.92 Å². The summed E-state index contributed by atoms with van der Waals surface area (Å²) in [5, 5.41) is 0. The summed E-state index contributed by atoms with van der Waals surface area (Å²) in [6, 6.07) is 0. The number of hydrogen-bond acceptors (Lipinski definition) is 1. The van der Waals surface area contributed by atoms with Crippen molar-refractivity contribution in [2.75, 3.05) is 0 Å². The molecule has 0 N–H and O–H groups in total. The fraction of sp³-hybridized carbons (Fsp3) is 0.958. The SMILES string of the molecule is CCCC1CCCC(CCCCCCCCC2CCC(C=O)CC2)C1. The van der Waals surface area contributed by atoms with E-state index in [9.17, 15) is 4.79 Å². The van der Waals surface area contributed by atoms with E-state index in [-0.39, 0.29) is 0 Å². The molecular formula is C24H44O. The normalized spacial score (nSPS) is 30.3. The van der Waals surface area contributed by atoms with Crippen molar-refractivity contribution in [1.82, 2.24) is 0 Å². The summed E-state index contributed by atoms with van der Waals surface area (Å²) in [5.41, 5.74) is 0. The molecule has 1 heteroatoms. The van der Waals surface area contributed by atoms with E-state index in [1.54, 1.807) is 6.42 Å². The molecule has 0 aromatic carbocycles. The van der Waals surface area contributed by atoms with Gasteiger partial charge in [-0.3, -0.25) is 0 Å². The smallest absolute Gasteiger partial charge is 0.123 e. The van der Waals surface area contributed by atoms with E-state index in [0.29, 0.717) is 5.92 Å². The van der Waals surface area contributed by atoms with Crippen LogP contribution in [0.15, 0.2) is 0 Å². The predicted molar refractivity (Wildman–Crippen MR) is 109 cm³/mol. The van der Waals surface area contributed by atoms with Gasteiger partial charge in [-0.25, -0.2) is 0 Å². The van der Waals surface area contributed by atoms with Gasteiger partial charge in [-0.2, -0.15) is 0 Å². The lowest BCUT2D eigenvalue weighted by Crippen LogP contribution is -2.15. The van der Waals surface area contributed by atoms with Crippen molar-refractivity contribution in [2.45, 2.75) is 122 Å². The first kappa shape index (κ1) is 21.0. The zero-order valence-corrected chi connectivity index (χ0v) is 17.0. The topological polar surface area (TPSA) is 17.1 Å². The van der Waals surface area contributed by atoms with Gasteiger partial charge in [-0.05, 0) is 49.9 Å². The molecule has 2 atom stereocenters. The first-order valence-electron chi connectivity index (χ1n) is 11.8. The molecule has 2 saturated carbocycles. The molecule has 2 aliphatic rings. The van der Waals surface area contributed by atoms with Crippen LogP contribution in [0.2, 0.25) is 0 Å².